The maximum Gasteiger partial charge on any atom is 0.328 e. The molecule has 0 amide bonds. The number of ether oxygens (including phenoxy) is 1. The lowest BCUT2D eigenvalue weighted by molar-refractivity contribution is -0.141. The van der Waals surface area contributed by atoms with E-state index < -0.39 is 12.0 Å². The minimum absolute atomic E-state index is 0.144. The van der Waals surface area contributed by atoms with Crippen LogP contribution in [0, 0.1) is 0 Å². The van der Waals surface area contributed by atoms with Gasteiger partial charge in [-0.1, -0.05) is 23.2 Å². The minimum atomic E-state index is -0.574. The monoisotopic (exact) mass is 263 g/mol. The van der Waals surface area contributed by atoms with E-state index in [4.69, 9.17) is 28.9 Å². The zero-order chi connectivity index (χ0) is 12.3. The third-order valence-corrected chi connectivity index (χ3v) is 2.46. The molecule has 1 rings (SSSR count). The highest BCUT2D eigenvalue weighted by molar-refractivity contribution is 6.37. The van der Waals surface area contributed by atoms with Gasteiger partial charge in [0, 0.05) is 0 Å². The highest BCUT2D eigenvalue weighted by Crippen LogP contribution is 2.27. The van der Waals surface area contributed by atoms with Gasteiger partial charge in [0.15, 0.2) is 0 Å². The number of esters is 1. The largest absolute Gasteiger partial charge is 0.467 e. The molecule has 0 aliphatic carbocycles. The Bertz CT molecular complexity index is 412. The average Bonchev–Trinajstić information content (AvgIpc) is 2.24. The van der Waals surface area contributed by atoms with Crippen molar-refractivity contribution in [1.29, 1.82) is 0 Å². The Morgan fingerprint density at radius 3 is 2.75 bits per heavy atom. The van der Waals surface area contributed by atoms with Crippen molar-refractivity contribution in [2.75, 3.05) is 18.2 Å². The number of nitrogens with zero attached hydrogens (tertiary/aromatic N) is 1. The Kier molecular flexibility index (Phi) is 4.20. The highest BCUT2D eigenvalue weighted by atomic mass is 35.5. The summed E-state index contributed by atoms with van der Waals surface area (Å²) in [5.74, 6) is 0.0125. The van der Waals surface area contributed by atoms with Crippen LogP contribution in [0.3, 0.4) is 0 Å². The minimum Gasteiger partial charge on any atom is -0.467 e. The summed E-state index contributed by atoms with van der Waals surface area (Å²) in [4.78, 5) is 15.1. The lowest BCUT2D eigenvalue weighted by Gasteiger charge is -2.13. The van der Waals surface area contributed by atoms with Gasteiger partial charge < -0.3 is 15.8 Å². The predicted octanol–water partition coefficient (Wildman–Crippen LogP) is 1.94. The van der Waals surface area contributed by atoms with Gasteiger partial charge in [-0.3, -0.25) is 0 Å². The van der Waals surface area contributed by atoms with Crippen molar-refractivity contribution in [3.63, 3.8) is 0 Å². The number of nitrogens with two attached hydrogens (primary N) is 1. The van der Waals surface area contributed by atoms with Crippen LogP contribution in [-0.2, 0) is 9.53 Å². The Balaban J connectivity index is 2.89. The van der Waals surface area contributed by atoms with Gasteiger partial charge in [0.05, 0.1) is 17.2 Å². The van der Waals surface area contributed by atoms with Crippen LogP contribution in [0.25, 0.3) is 0 Å². The number of hydrogen-bond donors (Lipinski definition) is 2. The van der Waals surface area contributed by atoms with E-state index in [1.807, 2.05) is 0 Å². The molecule has 0 aliphatic heterocycles. The number of anilines is 2. The summed E-state index contributed by atoms with van der Waals surface area (Å²) in [5, 5.41) is 3.32. The fraction of sp³-hybridized carbons (Fsp3) is 0.333. The molecule has 0 fully saturated rings. The van der Waals surface area contributed by atoms with Gasteiger partial charge in [-0.05, 0) is 13.0 Å². The summed E-state index contributed by atoms with van der Waals surface area (Å²) in [5.41, 5.74) is 5.52. The number of aromatic nitrogens is 1. The van der Waals surface area contributed by atoms with Crippen molar-refractivity contribution in [1.82, 2.24) is 4.98 Å². The Morgan fingerprint density at radius 1 is 1.56 bits per heavy atom. The summed E-state index contributed by atoms with van der Waals surface area (Å²) in [6.45, 7) is 1.62. The molecule has 0 bridgehead atoms. The van der Waals surface area contributed by atoms with Gasteiger partial charge in [0.1, 0.15) is 17.7 Å². The number of nitrogens with one attached hydrogen (secondary N) is 1. The van der Waals surface area contributed by atoms with Crippen molar-refractivity contribution in [2.24, 2.45) is 0 Å². The average molecular weight is 264 g/mol. The van der Waals surface area contributed by atoms with Crippen molar-refractivity contribution < 1.29 is 9.53 Å². The number of hydrogen-bond acceptors (Lipinski definition) is 5. The van der Waals surface area contributed by atoms with Crippen LogP contribution in [0.1, 0.15) is 6.92 Å². The molecular weight excluding hydrogens is 253 g/mol. The number of carbonyl (C=O) groups is 1. The molecule has 3 N–H and O–H groups in total. The van der Waals surface area contributed by atoms with Crippen molar-refractivity contribution in [3.05, 3.63) is 16.1 Å². The van der Waals surface area contributed by atoms with Crippen LogP contribution in [0.5, 0.6) is 0 Å². The van der Waals surface area contributed by atoms with Crippen molar-refractivity contribution in [3.8, 4) is 0 Å². The van der Waals surface area contributed by atoms with E-state index in [-0.39, 0.29) is 15.9 Å². The zero-order valence-electron chi connectivity index (χ0n) is 8.75. The van der Waals surface area contributed by atoms with Crippen LogP contribution in [-0.4, -0.2) is 24.1 Å². The molecule has 0 aromatic carbocycles. The second kappa shape index (κ2) is 5.23. The van der Waals surface area contributed by atoms with Gasteiger partial charge in [0.2, 0.25) is 0 Å². The first-order valence-corrected chi connectivity index (χ1v) is 5.17. The molecule has 7 heteroatoms. The van der Waals surface area contributed by atoms with E-state index >= 15 is 0 Å². The summed E-state index contributed by atoms with van der Waals surface area (Å²) in [6.07, 6.45) is 0. The van der Waals surface area contributed by atoms with Crippen LogP contribution in [0.2, 0.25) is 10.0 Å². The van der Waals surface area contributed by atoms with Crippen LogP contribution in [0.15, 0.2) is 6.07 Å². The van der Waals surface area contributed by atoms with E-state index in [0.29, 0.717) is 5.82 Å². The van der Waals surface area contributed by atoms with Gasteiger partial charge in [0.25, 0.3) is 0 Å². The molecule has 0 saturated heterocycles. The van der Waals surface area contributed by atoms with Gasteiger partial charge in [-0.25, -0.2) is 9.78 Å². The normalized spacial score (nSPS) is 12.0. The Labute approximate surface area is 103 Å². The summed E-state index contributed by atoms with van der Waals surface area (Å²) < 4.78 is 4.55. The first kappa shape index (κ1) is 12.9. The van der Waals surface area contributed by atoms with E-state index in [0.717, 1.165) is 0 Å². The van der Waals surface area contributed by atoms with Crippen LogP contribution in [0.4, 0.5) is 11.6 Å². The van der Waals surface area contributed by atoms with Crippen molar-refractivity contribution >= 4 is 40.8 Å². The van der Waals surface area contributed by atoms with E-state index in [2.05, 4.69) is 15.0 Å². The molecule has 5 nitrogen and oxygen atoms in total. The second-order valence-electron chi connectivity index (χ2n) is 3.08. The predicted molar refractivity (Wildman–Crippen MR) is 63.8 cm³/mol. The Hall–Kier alpha value is -1.20. The number of nitrogen functional groups attached to an aromatic ring is 1. The number of pyridine rings is 1. The quantitative estimate of drug-likeness (QED) is 0.816. The van der Waals surface area contributed by atoms with E-state index in [1.54, 1.807) is 6.92 Å². The first-order chi connectivity index (χ1) is 7.45. The molecule has 1 unspecified atom stereocenters. The molecule has 1 aromatic rings. The molecule has 0 spiro atoms. The molecule has 0 saturated carbocycles. The van der Waals surface area contributed by atoms with Gasteiger partial charge in [-0.15, -0.1) is 0 Å². The van der Waals surface area contributed by atoms with Crippen molar-refractivity contribution in [2.45, 2.75) is 13.0 Å². The number of rotatable bonds is 3. The third kappa shape index (κ3) is 2.90. The lowest BCUT2D eigenvalue weighted by atomic mass is 10.3. The molecular formula is C9H11Cl2N3O2. The molecule has 0 radical (unpaired) electrons. The van der Waals surface area contributed by atoms with Gasteiger partial charge >= 0.3 is 5.97 Å². The topological polar surface area (TPSA) is 77.2 Å². The SMILES string of the molecule is COC(=O)C(C)Nc1nc(N)c(Cl)cc1Cl. The molecule has 16 heavy (non-hydrogen) atoms. The molecule has 0 aliphatic rings. The highest BCUT2D eigenvalue weighted by Gasteiger charge is 2.15. The number of halogens is 2. The maximum atomic E-state index is 11.2. The van der Waals surface area contributed by atoms with Crippen LogP contribution < -0.4 is 11.1 Å². The standard InChI is InChI=1S/C9H11Cl2N3O2/c1-4(9(15)16-2)13-8-6(11)3-5(10)7(12)14-8/h3-4H,1-2H3,(H3,12,13,14). The summed E-state index contributed by atoms with van der Waals surface area (Å²) in [7, 11) is 1.30. The first-order valence-electron chi connectivity index (χ1n) is 4.41. The van der Waals surface area contributed by atoms with E-state index in [1.165, 1.54) is 13.2 Å². The van der Waals surface area contributed by atoms with Crippen LogP contribution >= 0.6 is 23.2 Å². The molecule has 88 valence electrons. The smallest absolute Gasteiger partial charge is 0.328 e. The molecule has 1 aromatic heterocycles. The van der Waals surface area contributed by atoms with E-state index in [9.17, 15) is 4.79 Å². The van der Waals surface area contributed by atoms with Gasteiger partial charge in [-0.2, -0.15) is 0 Å². The fourth-order valence-corrected chi connectivity index (χ4v) is 1.44. The summed E-state index contributed by atoms with van der Waals surface area (Å²) in [6, 6.07) is 0.883. The molecule has 1 atom stereocenters. The third-order valence-electron chi connectivity index (χ3n) is 1.86. The lowest BCUT2D eigenvalue weighted by Crippen LogP contribution is -2.27. The number of carbonyl (C=O) groups excluding carboxylic acids is 1. The maximum absolute atomic E-state index is 11.2. The summed E-state index contributed by atoms with van der Waals surface area (Å²) >= 11 is 11.6. The Morgan fingerprint density at radius 2 is 2.19 bits per heavy atom. The fourth-order valence-electron chi connectivity index (χ4n) is 1.02. The molecule has 1 heterocycles. The second-order valence-corrected chi connectivity index (χ2v) is 3.89. The zero-order valence-corrected chi connectivity index (χ0v) is 10.3. The number of methoxy groups -OCH3 is 1.